The maximum Gasteiger partial charge on any atom is 0.250 e. The SMILES string of the molecule is Cn1ccc(C2=CCNCC2)cc1=O. The standard InChI is InChI=1S/C11H14N2O/c1-13-7-4-10(8-11(13)14)9-2-5-12-6-3-9/h2,4,7-8,12H,3,5-6H2,1H3. The van der Waals surface area contributed by atoms with Crippen molar-refractivity contribution in [3.63, 3.8) is 0 Å². The van der Waals surface area contributed by atoms with Gasteiger partial charge in [-0.05, 0) is 30.2 Å². The first-order valence-corrected chi connectivity index (χ1v) is 4.84. The van der Waals surface area contributed by atoms with Gasteiger partial charge in [-0.3, -0.25) is 4.79 Å². The van der Waals surface area contributed by atoms with Gasteiger partial charge in [0.15, 0.2) is 0 Å². The van der Waals surface area contributed by atoms with E-state index in [9.17, 15) is 4.79 Å². The van der Waals surface area contributed by atoms with E-state index in [1.807, 2.05) is 12.3 Å². The molecule has 0 fully saturated rings. The van der Waals surface area contributed by atoms with Crippen LogP contribution in [0.4, 0.5) is 0 Å². The van der Waals surface area contributed by atoms with Crippen LogP contribution in [0.25, 0.3) is 5.57 Å². The normalized spacial score (nSPS) is 16.5. The first-order chi connectivity index (χ1) is 6.77. The highest BCUT2D eigenvalue weighted by Crippen LogP contribution is 2.17. The van der Waals surface area contributed by atoms with Crippen LogP contribution in [0.1, 0.15) is 12.0 Å². The largest absolute Gasteiger partial charge is 0.319 e. The zero-order chi connectivity index (χ0) is 9.97. The number of rotatable bonds is 1. The van der Waals surface area contributed by atoms with Gasteiger partial charge in [0.1, 0.15) is 0 Å². The summed E-state index contributed by atoms with van der Waals surface area (Å²) < 4.78 is 1.59. The van der Waals surface area contributed by atoms with Gasteiger partial charge in [0.25, 0.3) is 5.56 Å². The fourth-order valence-corrected chi connectivity index (χ4v) is 1.63. The first kappa shape index (κ1) is 9.21. The number of nitrogens with one attached hydrogen (secondary N) is 1. The Morgan fingerprint density at radius 1 is 1.50 bits per heavy atom. The second-order valence-corrected chi connectivity index (χ2v) is 3.55. The minimum atomic E-state index is 0.0573. The van der Waals surface area contributed by atoms with Crippen molar-refractivity contribution in [2.24, 2.45) is 7.05 Å². The number of hydrogen-bond acceptors (Lipinski definition) is 2. The van der Waals surface area contributed by atoms with E-state index in [1.165, 1.54) is 5.57 Å². The molecular weight excluding hydrogens is 176 g/mol. The monoisotopic (exact) mass is 190 g/mol. The van der Waals surface area contributed by atoms with Crippen LogP contribution in [-0.4, -0.2) is 17.7 Å². The Hall–Kier alpha value is -1.35. The van der Waals surface area contributed by atoms with Crippen LogP contribution in [0.3, 0.4) is 0 Å². The van der Waals surface area contributed by atoms with Gasteiger partial charge in [-0.2, -0.15) is 0 Å². The Balaban J connectivity index is 2.37. The quantitative estimate of drug-likeness (QED) is 0.709. The topological polar surface area (TPSA) is 34.0 Å². The van der Waals surface area contributed by atoms with E-state index >= 15 is 0 Å². The third-order valence-corrected chi connectivity index (χ3v) is 2.54. The number of aromatic nitrogens is 1. The van der Waals surface area contributed by atoms with E-state index in [0.29, 0.717) is 0 Å². The van der Waals surface area contributed by atoms with Crippen molar-refractivity contribution in [3.05, 3.63) is 40.3 Å². The third-order valence-electron chi connectivity index (χ3n) is 2.54. The summed E-state index contributed by atoms with van der Waals surface area (Å²) in [6, 6.07) is 3.70. The predicted molar refractivity (Wildman–Crippen MR) is 57.1 cm³/mol. The molecule has 2 heterocycles. The number of pyridine rings is 1. The highest BCUT2D eigenvalue weighted by atomic mass is 16.1. The molecule has 1 N–H and O–H groups in total. The Morgan fingerprint density at radius 3 is 3.00 bits per heavy atom. The highest BCUT2D eigenvalue weighted by molar-refractivity contribution is 5.66. The molecule has 3 nitrogen and oxygen atoms in total. The minimum absolute atomic E-state index is 0.0573. The molecule has 2 rings (SSSR count). The Morgan fingerprint density at radius 2 is 2.36 bits per heavy atom. The molecule has 14 heavy (non-hydrogen) atoms. The maximum absolute atomic E-state index is 11.4. The molecule has 0 saturated heterocycles. The molecule has 1 aliphatic rings. The summed E-state index contributed by atoms with van der Waals surface area (Å²) in [4.78, 5) is 11.4. The van der Waals surface area contributed by atoms with Crippen LogP contribution < -0.4 is 10.9 Å². The molecule has 1 aliphatic heterocycles. The van der Waals surface area contributed by atoms with Crippen LogP contribution in [-0.2, 0) is 7.05 Å². The van der Waals surface area contributed by atoms with E-state index in [-0.39, 0.29) is 5.56 Å². The summed E-state index contributed by atoms with van der Waals surface area (Å²) in [5.74, 6) is 0. The summed E-state index contributed by atoms with van der Waals surface area (Å²) in [5, 5.41) is 3.25. The van der Waals surface area contributed by atoms with Gasteiger partial charge in [-0.25, -0.2) is 0 Å². The predicted octanol–water partition coefficient (Wildman–Crippen LogP) is 0.762. The Bertz CT molecular complexity index is 418. The third kappa shape index (κ3) is 1.77. The van der Waals surface area contributed by atoms with E-state index in [2.05, 4.69) is 11.4 Å². The fourth-order valence-electron chi connectivity index (χ4n) is 1.63. The molecule has 0 atom stereocenters. The lowest BCUT2D eigenvalue weighted by atomic mass is 10.0. The van der Waals surface area contributed by atoms with Crippen LogP contribution in [0, 0.1) is 0 Å². The molecule has 0 radical (unpaired) electrons. The molecule has 74 valence electrons. The summed E-state index contributed by atoms with van der Waals surface area (Å²) >= 11 is 0. The van der Waals surface area contributed by atoms with Gasteiger partial charge < -0.3 is 9.88 Å². The number of nitrogens with zero attached hydrogens (tertiary/aromatic N) is 1. The molecule has 1 aromatic heterocycles. The minimum Gasteiger partial charge on any atom is -0.319 e. The van der Waals surface area contributed by atoms with Crippen molar-refractivity contribution in [1.82, 2.24) is 9.88 Å². The number of aryl methyl sites for hydroxylation is 1. The summed E-state index contributed by atoms with van der Waals surface area (Å²) in [6.45, 7) is 1.91. The summed E-state index contributed by atoms with van der Waals surface area (Å²) in [6.07, 6.45) is 4.98. The molecule has 0 aromatic carbocycles. The average molecular weight is 190 g/mol. The molecular formula is C11H14N2O. The van der Waals surface area contributed by atoms with Crippen molar-refractivity contribution in [3.8, 4) is 0 Å². The van der Waals surface area contributed by atoms with Gasteiger partial charge in [-0.15, -0.1) is 0 Å². The molecule has 1 aromatic rings. The molecule has 0 saturated carbocycles. The summed E-state index contributed by atoms with van der Waals surface area (Å²) in [5.41, 5.74) is 2.40. The second kappa shape index (κ2) is 3.80. The first-order valence-electron chi connectivity index (χ1n) is 4.84. The van der Waals surface area contributed by atoms with E-state index in [0.717, 1.165) is 25.1 Å². The van der Waals surface area contributed by atoms with Gasteiger partial charge in [0.2, 0.25) is 0 Å². The van der Waals surface area contributed by atoms with Crippen molar-refractivity contribution < 1.29 is 0 Å². The van der Waals surface area contributed by atoms with Gasteiger partial charge in [0.05, 0.1) is 0 Å². The van der Waals surface area contributed by atoms with E-state index in [4.69, 9.17) is 0 Å². The van der Waals surface area contributed by atoms with Crippen molar-refractivity contribution >= 4 is 5.57 Å². The van der Waals surface area contributed by atoms with E-state index < -0.39 is 0 Å². The van der Waals surface area contributed by atoms with Crippen molar-refractivity contribution in [2.45, 2.75) is 6.42 Å². The smallest absolute Gasteiger partial charge is 0.250 e. The maximum atomic E-state index is 11.4. The van der Waals surface area contributed by atoms with Crippen molar-refractivity contribution in [1.29, 1.82) is 0 Å². The van der Waals surface area contributed by atoms with Crippen molar-refractivity contribution in [2.75, 3.05) is 13.1 Å². The second-order valence-electron chi connectivity index (χ2n) is 3.55. The van der Waals surface area contributed by atoms with Gasteiger partial charge in [0, 0.05) is 25.9 Å². The van der Waals surface area contributed by atoms with Crippen LogP contribution >= 0.6 is 0 Å². The zero-order valence-corrected chi connectivity index (χ0v) is 8.29. The average Bonchev–Trinajstić information content (AvgIpc) is 2.23. The number of hydrogen-bond donors (Lipinski definition) is 1. The lowest BCUT2D eigenvalue weighted by Gasteiger charge is -2.14. The highest BCUT2D eigenvalue weighted by Gasteiger charge is 2.05. The van der Waals surface area contributed by atoms with Crippen LogP contribution in [0.2, 0.25) is 0 Å². The molecule has 3 heteroatoms. The fraction of sp³-hybridized carbons (Fsp3) is 0.364. The van der Waals surface area contributed by atoms with Crippen LogP contribution in [0.5, 0.6) is 0 Å². The van der Waals surface area contributed by atoms with Gasteiger partial charge in [-0.1, -0.05) is 6.08 Å². The zero-order valence-electron chi connectivity index (χ0n) is 8.29. The molecule has 0 unspecified atom stereocenters. The lowest BCUT2D eigenvalue weighted by Crippen LogP contribution is -2.21. The summed E-state index contributed by atoms with van der Waals surface area (Å²) in [7, 11) is 1.77. The molecule has 0 amide bonds. The molecule has 0 spiro atoms. The lowest BCUT2D eigenvalue weighted by molar-refractivity contribution is 0.738. The van der Waals surface area contributed by atoms with Gasteiger partial charge >= 0.3 is 0 Å². The molecule has 0 aliphatic carbocycles. The van der Waals surface area contributed by atoms with Crippen LogP contribution in [0.15, 0.2) is 29.2 Å². The Kier molecular flexibility index (Phi) is 2.50. The van der Waals surface area contributed by atoms with E-state index in [1.54, 1.807) is 17.7 Å². The molecule has 0 bridgehead atoms. The Labute approximate surface area is 83.1 Å².